The van der Waals surface area contributed by atoms with Gasteiger partial charge in [0.05, 0.1) is 5.56 Å². The standard InChI is InChI=1S/C16H21N3O3S/c1-11(2)14(15(21)22)19-13(20)8-6-4-5-7-12-9-17-16(23-3)18-10-12/h9-11,14H,4,6,8H2,1-3H3,(H,19,20)(H,21,22)/t14-/m0/s1. The second kappa shape index (κ2) is 9.85. The molecule has 6 nitrogen and oxygen atoms in total. The molecule has 2 N–H and O–H groups in total. The lowest BCUT2D eigenvalue weighted by atomic mass is 10.0. The highest BCUT2D eigenvalue weighted by Gasteiger charge is 2.22. The first kappa shape index (κ1) is 19.0. The summed E-state index contributed by atoms with van der Waals surface area (Å²) in [5.41, 5.74) is 0.734. The lowest BCUT2D eigenvalue weighted by Gasteiger charge is -2.17. The molecule has 0 aromatic carbocycles. The van der Waals surface area contributed by atoms with Crippen molar-refractivity contribution in [2.45, 2.75) is 44.3 Å². The number of rotatable bonds is 7. The molecule has 23 heavy (non-hydrogen) atoms. The quantitative estimate of drug-likeness (QED) is 0.342. The van der Waals surface area contributed by atoms with E-state index in [1.807, 2.05) is 6.26 Å². The molecule has 0 aliphatic heterocycles. The van der Waals surface area contributed by atoms with Crippen LogP contribution in [-0.4, -0.2) is 39.2 Å². The Labute approximate surface area is 140 Å². The van der Waals surface area contributed by atoms with E-state index in [9.17, 15) is 9.59 Å². The van der Waals surface area contributed by atoms with Crippen molar-refractivity contribution in [1.29, 1.82) is 0 Å². The van der Waals surface area contributed by atoms with E-state index in [2.05, 4.69) is 27.1 Å². The predicted octanol–water partition coefficient (Wildman–Crippen LogP) is 1.95. The van der Waals surface area contributed by atoms with Gasteiger partial charge in [-0.2, -0.15) is 0 Å². The maximum absolute atomic E-state index is 11.7. The molecular weight excluding hydrogens is 314 g/mol. The van der Waals surface area contributed by atoms with Gasteiger partial charge in [0.25, 0.3) is 0 Å². The van der Waals surface area contributed by atoms with Crippen LogP contribution in [0.4, 0.5) is 0 Å². The van der Waals surface area contributed by atoms with Gasteiger partial charge in [-0.1, -0.05) is 37.5 Å². The molecule has 1 atom stereocenters. The van der Waals surface area contributed by atoms with Gasteiger partial charge < -0.3 is 10.4 Å². The van der Waals surface area contributed by atoms with Crippen LogP contribution in [0.2, 0.25) is 0 Å². The van der Waals surface area contributed by atoms with E-state index in [4.69, 9.17) is 5.11 Å². The Kier molecular flexibility index (Phi) is 8.13. The Bertz CT molecular complexity index is 591. The largest absolute Gasteiger partial charge is 0.480 e. The van der Waals surface area contributed by atoms with E-state index in [0.717, 1.165) is 5.56 Å². The van der Waals surface area contributed by atoms with E-state index >= 15 is 0 Å². The lowest BCUT2D eigenvalue weighted by Crippen LogP contribution is -2.44. The van der Waals surface area contributed by atoms with Crippen molar-refractivity contribution in [2.24, 2.45) is 5.92 Å². The summed E-state index contributed by atoms with van der Waals surface area (Å²) in [5, 5.41) is 12.2. The molecule has 0 radical (unpaired) electrons. The van der Waals surface area contributed by atoms with Gasteiger partial charge >= 0.3 is 5.97 Å². The van der Waals surface area contributed by atoms with E-state index in [1.165, 1.54) is 11.8 Å². The molecule has 0 fully saturated rings. The summed E-state index contributed by atoms with van der Waals surface area (Å²) in [7, 11) is 0. The van der Waals surface area contributed by atoms with E-state index in [0.29, 0.717) is 18.0 Å². The Balaban J connectivity index is 2.35. The van der Waals surface area contributed by atoms with Crippen LogP contribution >= 0.6 is 11.8 Å². The van der Waals surface area contributed by atoms with Crippen LogP contribution in [0, 0.1) is 17.8 Å². The second-order valence-corrected chi connectivity index (χ2v) is 6.01. The minimum atomic E-state index is -1.01. The molecule has 1 aromatic heterocycles. The first-order valence-electron chi connectivity index (χ1n) is 7.31. The Morgan fingerprint density at radius 3 is 2.52 bits per heavy atom. The Hall–Kier alpha value is -2.07. The number of hydrogen-bond donors (Lipinski definition) is 2. The molecule has 1 amide bonds. The van der Waals surface area contributed by atoms with Crippen LogP contribution in [0.15, 0.2) is 17.6 Å². The maximum atomic E-state index is 11.7. The third-order valence-corrected chi connectivity index (χ3v) is 3.57. The average Bonchev–Trinajstić information content (AvgIpc) is 2.52. The molecule has 124 valence electrons. The highest BCUT2D eigenvalue weighted by Crippen LogP contribution is 2.06. The van der Waals surface area contributed by atoms with Crippen molar-refractivity contribution in [2.75, 3.05) is 6.26 Å². The number of aliphatic carboxylic acids is 1. The molecule has 0 spiro atoms. The summed E-state index contributed by atoms with van der Waals surface area (Å²) in [5.74, 6) is 4.47. The Morgan fingerprint density at radius 1 is 1.35 bits per heavy atom. The van der Waals surface area contributed by atoms with Crippen LogP contribution in [0.25, 0.3) is 0 Å². The number of unbranched alkanes of at least 4 members (excludes halogenated alkanes) is 1. The lowest BCUT2D eigenvalue weighted by molar-refractivity contribution is -0.143. The molecule has 7 heteroatoms. The molecule has 1 rings (SSSR count). The molecule has 0 saturated carbocycles. The summed E-state index contributed by atoms with van der Waals surface area (Å²) in [4.78, 5) is 31.0. The fourth-order valence-corrected chi connectivity index (χ4v) is 2.06. The number of hydrogen-bond acceptors (Lipinski definition) is 5. The third-order valence-electron chi connectivity index (χ3n) is 3.00. The number of amides is 1. The van der Waals surface area contributed by atoms with Gasteiger partial charge in [-0.25, -0.2) is 14.8 Å². The Morgan fingerprint density at radius 2 is 2.00 bits per heavy atom. The van der Waals surface area contributed by atoms with E-state index < -0.39 is 12.0 Å². The molecule has 0 saturated heterocycles. The number of aromatic nitrogens is 2. The highest BCUT2D eigenvalue weighted by atomic mass is 32.2. The SMILES string of the molecule is CSc1ncc(C#CCCCC(=O)N[C@H](C(=O)O)C(C)C)cn1. The zero-order valence-corrected chi connectivity index (χ0v) is 14.3. The topological polar surface area (TPSA) is 92.2 Å². The van der Waals surface area contributed by atoms with Crippen molar-refractivity contribution in [1.82, 2.24) is 15.3 Å². The van der Waals surface area contributed by atoms with E-state index in [-0.39, 0.29) is 18.2 Å². The van der Waals surface area contributed by atoms with Crippen LogP contribution in [0.5, 0.6) is 0 Å². The zero-order chi connectivity index (χ0) is 17.2. The molecule has 0 unspecified atom stereocenters. The summed E-state index contributed by atoms with van der Waals surface area (Å²) >= 11 is 1.46. The van der Waals surface area contributed by atoms with Crippen molar-refractivity contribution in [3.63, 3.8) is 0 Å². The number of nitrogens with one attached hydrogen (secondary N) is 1. The molecular formula is C16H21N3O3S. The predicted molar refractivity (Wildman–Crippen MR) is 88.9 cm³/mol. The van der Waals surface area contributed by atoms with Crippen molar-refractivity contribution >= 4 is 23.6 Å². The molecule has 0 bridgehead atoms. The van der Waals surface area contributed by atoms with Crippen LogP contribution < -0.4 is 5.32 Å². The van der Waals surface area contributed by atoms with Gasteiger partial charge in [0.15, 0.2) is 5.16 Å². The zero-order valence-electron chi connectivity index (χ0n) is 13.5. The average molecular weight is 335 g/mol. The maximum Gasteiger partial charge on any atom is 0.326 e. The van der Waals surface area contributed by atoms with Crippen LogP contribution in [0.3, 0.4) is 0 Å². The summed E-state index contributed by atoms with van der Waals surface area (Å²) in [6.07, 6.45) is 6.62. The van der Waals surface area contributed by atoms with Crippen LogP contribution in [0.1, 0.15) is 38.7 Å². The molecule has 0 aliphatic carbocycles. The summed E-state index contributed by atoms with van der Waals surface area (Å²) < 4.78 is 0. The number of carbonyl (C=O) groups excluding carboxylic acids is 1. The summed E-state index contributed by atoms with van der Waals surface area (Å²) in [6.45, 7) is 3.52. The minimum Gasteiger partial charge on any atom is -0.480 e. The third kappa shape index (κ3) is 7.15. The fourth-order valence-electron chi connectivity index (χ4n) is 1.75. The second-order valence-electron chi connectivity index (χ2n) is 5.24. The van der Waals surface area contributed by atoms with Gasteiger partial charge in [0.1, 0.15) is 6.04 Å². The van der Waals surface area contributed by atoms with Crippen molar-refractivity contribution in [3.05, 3.63) is 18.0 Å². The van der Waals surface area contributed by atoms with Gasteiger partial charge in [0.2, 0.25) is 5.91 Å². The minimum absolute atomic E-state index is 0.152. The number of nitrogens with zero attached hydrogens (tertiary/aromatic N) is 2. The monoisotopic (exact) mass is 335 g/mol. The molecule has 1 aromatic rings. The first-order chi connectivity index (χ1) is 10.9. The number of carboxylic acid groups (broad SMARTS) is 1. The van der Waals surface area contributed by atoms with Crippen molar-refractivity contribution in [3.8, 4) is 11.8 Å². The van der Waals surface area contributed by atoms with E-state index in [1.54, 1.807) is 26.2 Å². The number of thioether (sulfide) groups is 1. The van der Waals surface area contributed by atoms with Gasteiger partial charge in [0, 0.05) is 25.2 Å². The highest BCUT2D eigenvalue weighted by molar-refractivity contribution is 7.98. The van der Waals surface area contributed by atoms with Gasteiger partial charge in [-0.05, 0) is 18.6 Å². The van der Waals surface area contributed by atoms with Gasteiger partial charge in [-0.15, -0.1) is 0 Å². The van der Waals surface area contributed by atoms with Crippen LogP contribution in [-0.2, 0) is 9.59 Å². The summed E-state index contributed by atoms with van der Waals surface area (Å²) in [6, 6.07) is -0.847. The number of carboxylic acids is 1. The van der Waals surface area contributed by atoms with Crippen molar-refractivity contribution < 1.29 is 14.7 Å². The smallest absolute Gasteiger partial charge is 0.326 e. The fraction of sp³-hybridized carbons (Fsp3) is 0.500. The first-order valence-corrected chi connectivity index (χ1v) is 8.53. The number of carbonyl (C=O) groups is 2. The molecule has 0 aliphatic rings. The molecule has 1 heterocycles. The van der Waals surface area contributed by atoms with Gasteiger partial charge in [-0.3, -0.25) is 4.79 Å². The normalized spacial score (nSPS) is 11.5.